The summed E-state index contributed by atoms with van der Waals surface area (Å²) in [5.41, 5.74) is 8.77. The number of aromatic nitrogens is 3. The molecule has 2 aromatic carbocycles. The van der Waals surface area contributed by atoms with Gasteiger partial charge in [-0.3, -0.25) is 33.7 Å². The number of piperazine rings is 1. The van der Waals surface area contributed by atoms with Crippen LogP contribution in [0.1, 0.15) is 97.9 Å². The average Bonchev–Trinajstić information content (AvgIpc) is 1.76. The fourth-order valence-electron chi connectivity index (χ4n) is 10.7. The number of β-amino-alcohol motifs (C(OH)–C–C–N with tert-alkyl or cyclic N) is 1. The molecule has 3 atom stereocenters. The van der Waals surface area contributed by atoms with Gasteiger partial charge >= 0.3 is 0 Å². The van der Waals surface area contributed by atoms with E-state index in [1.165, 1.54) is 11.1 Å². The lowest BCUT2D eigenvalue weighted by atomic mass is 9.85. The van der Waals surface area contributed by atoms with Gasteiger partial charge < -0.3 is 75.6 Å². The third kappa shape index (κ3) is 21.8. The highest BCUT2D eigenvalue weighted by atomic mass is 32.1. The normalized spacial score (nSPS) is 15.6. The van der Waals surface area contributed by atoms with Crippen molar-refractivity contribution in [2.45, 2.75) is 112 Å². The summed E-state index contributed by atoms with van der Waals surface area (Å²) in [5, 5.41) is 33.8. The van der Waals surface area contributed by atoms with Crippen LogP contribution in [0.15, 0.2) is 71.1 Å². The average molecular weight is 1280 g/mol. The predicted octanol–water partition coefficient (Wildman–Crippen LogP) is 5.14. The van der Waals surface area contributed by atoms with Gasteiger partial charge in [0.05, 0.1) is 93.8 Å². The Kier molecular flexibility index (Phi) is 27.6. The Balaban J connectivity index is 0.676. The molecule has 0 radical (unpaired) electrons. The number of H-pyrrole nitrogens is 1. The number of carbonyl (C=O) groups excluding carboxylic acids is 5. The number of thiazole rings is 1. The van der Waals surface area contributed by atoms with Gasteiger partial charge in [-0.15, -0.1) is 11.3 Å². The highest BCUT2D eigenvalue weighted by Crippen LogP contribution is 2.32. The molecule has 2 fully saturated rings. The Hall–Kier alpha value is -7.49. The van der Waals surface area contributed by atoms with E-state index in [0.29, 0.717) is 75.2 Å². The van der Waals surface area contributed by atoms with Gasteiger partial charge in [0, 0.05) is 125 Å². The van der Waals surface area contributed by atoms with Crippen molar-refractivity contribution in [1.82, 2.24) is 46.0 Å². The Morgan fingerprint density at radius 3 is 1.97 bits per heavy atom. The van der Waals surface area contributed by atoms with Crippen LogP contribution in [0.4, 0.5) is 11.5 Å². The second kappa shape index (κ2) is 35.4. The van der Waals surface area contributed by atoms with Crippen LogP contribution >= 0.6 is 11.3 Å². The van der Waals surface area contributed by atoms with E-state index in [1.54, 1.807) is 23.6 Å². The summed E-state index contributed by atoms with van der Waals surface area (Å²) in [4.78, 5) is 98.3. The van der Waals surface area contributed by atoms with Crippen LogP contribution in [0, 0.1) is 31.6 Å². The molecule has 24 nitrogen and oxygen atoms in total. The molecule has 0 bridgehead atoms. The maximum absolute atomic E-state index is 14.0. The monoisotopic (exact) mass is 1280 g/mol. The standard InChI is InChI=1S/C66H92N12O12S/c1-43(2)73-55-35-50(34-52(53(55)37-67)62(82)71-40-54-44(3)33-45(4)74-63(54)83)49-13-14-57(69-39-49)77-21-19-76(20-22-77)18-17-68-58(80)15-23-86-25-27-88-29-31-90-32-30-89-28-26-87-24-16-59(81)75-61(66(6,7)8)65(85)78-41-51(79)36-56(78)64(84)70-38-47-9-11-48(12-10-47)60-46(5)72-42-91-60/h9-14,33-35,37,39,42-43,51,56,61,67,73,79H,15-32,36,38,40-41H2,1-8H3,(H,68,80)(H,70,84)(H,71,82)(H,74,83)(H,75,81)/t51-,56+,61?/m1/s1. The minimum atomic E-state index is -0.941. The Morgan fingerprint density at radius 1 is 0.769 bits per heavy atom. The molecule has 5 amide bonds. The molecule has 2 aliphatic rings. The van der Waals surface area contributed by atoms with Crippen LogP contribution in [-0.2, 0) is 56.0 Å². The third-order valence-corrected chi connectivity index (χ3v) is 16.6. The van der Waals surface area contributed by atoms with Crippen molar-refractivity contribution in [3.05, 3.63) is 116 Å². The molecule has 25 heteroatoms. The molecule has 0 saturated carbocycles. The van der Waals surface area contributed by atoms with Crippen LogP contribution < -0.4 is 37.0 Å². The van der Waals surface area contributed by atoms with Gasteiger partial charge in [-0.25, -0.2) is 9.97 Å². The highest BCUT2D eigenvalue weighted by Gasteiger charge is 2.44. The SMILES string of the molecule is Cc1cc(C)c(CNC(=O)c2cc(-c3ccc(N4CCN(CCNC(=O)CCOCCOCCOCCOCCOCCC(=O)NC(C(=O)N5C[C@H](O)C[C@H]5C(=O)NCc5ccc(-c6scnc6C)cc5)C(C)(C)C)CC4)nc3)cc(NC(C)C)c2C=N)c(=O)[nH]1. The number of benzene rings is 2. The van der Waals surface area contributed by atoms with E-state index in [2.05, 4.69) is 46.4 Å². The van der Waals surface area contributed by atoms with Crippen molar-refractivity contribution >= 4 is 58.6 Å². The number of rotatable bonds is 35. The van der Waals surface area contributed by atoms with Crippen LogP contribution in [0.5, 0.6) is 0 Å². The highest BCUT2D eigenvalue weighted by molar-refractivity contribution is 7.13. The van der Waals surface area contributed by atoms with Gasteiger partial charge in [0.2, 0.25) is 23.6 Å². The lowest BCUT2D eigenvalue weighted by Crippen LogP contribution is -2.57. The summed E-state index contributed by atoms with van der Waals surface area (Å²) in [6, 6.07) is 15.6. The minimum Gasteiger partial charge on any atom is -0.391 e. The van der Waals surface area contributed by atoms with Crippen molar-refractivity contribution in [2.24, 2.45) is 5.41 Å². The number of aliphatic hydroxyl groups excluding tert-OH is 1. The number of ether oxygens (including phenoxy) is 5. The van der Waals surface area contributed by atoms with Crippen molar-refractivity contribution in [3.8, 4) is 21.6 Å². The first-order valence-corrected chi connectivity index (χ1v) is 32.1. The molecule has 0 spiro atoms. The summed E-state index contributed by atoms with van der Waals surface area (Å²) >= 11 is 1.57. The van der Waals surface area contributed by atoms with E-state index in [1.807, 2.05) is 109 Å². The molecule has 91 heavy (non-hydrogen) atoms. The van der Waals surface area contributed by atoms with Gasteiger partial charge in [-0.1, -0.05) is 45.0 Å². The van der Waals surface area contributed by atoms with E-state index in [-0.39, 0.29) is 88.0 Å². The van der Waals surface area contributed by atoms with Gasteiger partial charge in [-0.2, -0.15) is 0 Å². The molecule has 7 rings (SSSR count). The number of amides is 5. The third-order valence-electron chi connectivity index (χ3n) is 15.6. The van der Waals surface area contributed by atoms with Crippen molar-refractivity contribution in [3.63, 3.8) is 0 Å². The number of carbonyl (C=O) groups is 5. The van der Waals surface area contributed by atoms with Crippen LogP contribution in [-0.4, -0.2) is 202 Å². The van der Waals surface area contributed by atoms with Gasteiger partial charge in [0.25, 0.3) is 11.5 Å². The Morgan fingerprint density at radius 2 is 1.40 bits per heavy atom. The largest absolute Gasteiger partial charge is 0.391 e. The first-order chi connectivity index (χ1) is 43.7. The summed E-state index contributed by atoms with van der Waals surface area (Å²) in [6.07, 6.45) is 2.45. The van der Waals surface area contributed by atoms with Crippen molar-refractivity contribution < 1.29 is 52.8 Å². The lowest BCUT2D eigenvalue weighted by molar-refractivity contribution is -0.144. The lowest BCUT2D eigenvalue weighted by Gasteiger charge is -2.35. The first kappa shape index (κ1) is 71.0. The topological polar surface area (TPSA) is 304 Å². The van der Waals surface area contributed by atoms with Crippen molar-refractivity contribution in [1.29, 1.82) is 5.41 Å². The molecular formula is C66H92N12O12S. The Labute approximate surface area is 537 Å². The number of nitrogens with zero attached hydrogens (tertiary/aromatic N) is 5. The maximum Gasteiger partial charge on any atom is 0.253 e. The second-order valence-electron chi connectivity index (χ2n) is 24.1. The maximum atomic E-state index is 14.0. The summed E-state index contributed by atoms with van der Waals surface area (Å²) in [7, 11) is 0. The van der Waals surface area contributed by atoms with Gasteiger partial charge in [0.15, 0.2) is 0 Å². The van der Waals surface area contributed by atoms with Gasteiger partial charge in [0.1, 0.15) is 17.9 Å². The fourth-order valence-corrected chi connectivity index (χ4v) is 11.5. The number of aliphatic hydroxyl groups is 1. The summed E-state index contributed by atoms with van der Waals surface area (Å²) in [5.74, 6) is -0.808. The minimum absolute atomic E-state index is 0.0143. The molecule has 494 valence electrons. The number of anilines is 2. The van der Waals surface area contributed by atoms with E-state index < -0.39 is 35.4 Å². The van der Waals surface area contributed by atoms with E-state index in [9.17, 15) is 33.9 Å². The quantitative estimate of drug-likeness (QED) is 0.0192. The van der Waals surface area contributed by atoms with Crippen molar-refractivity contribution in [2.75, 3.05) is 122 Å². The van der Waals surface area contributed by atoms with E-state index in [0.717, 1.165) is 82.6 Å². The molecule has 2 saturated heterocycles. The van der Waals surface area contributed by atoms with E-state index >= 15 is 0 Å². The van der Waals surface area contributed by atoms with Gasteiger partial charge in [-0.05, 0) is 92.6 Å². The van der Waals surface area contributed by atoms with Crippen LogP contribution in [0.25, 0.3) is 21.6 Å². The smallest absolute Gasteiger partial charge is 0.253 e. The van der Waals surface area contributed by atoms with Crippen LogP contribution in [0.3, 0.4) is 0 Å². The number of aromatic amines is 1. The predicted molar refractivity (Wildman–Crippen MR) is 351 cm³/mol. The molecule has 1 unspecified atom stereocenters. The number of aryl methyl sites for hydroxylation is 3. The fraction of sp³-hybridized carbons (Fsp3) is 0.530. The second-order valence-corrected chi connectivity index (χ2v) is 25.0. The summed E-state index contributed by atoms with van der Waals surface area (Å²) < 4.78 is 28.0. The number of hydrogen-bond donors (Lipinski definition) is 8. The van der Waals surface area contributed by atoms with E-state index in [4.69, 9.17) is 34.1 Å². The molecule has 2 aliphatic heterocycles. The molecule has 3 aromatic heterocycles. The molecule has 0 aliphatic carbocycles. The first-order valence-electron chi connectivity index (χ1n) is 31.3. The molecule has 8 N–H and O–H groups in total. The number of hydrogen-bond acceptors (Lipinski definition) is 19. The number of nitrogens with one attached hydrogen (secondary N) is 7. The summed E-state index contributed by atoms with van der Waals surface area (Å²) in [6.45, 7) is 22.9. The zero-order chi connectivity index (χ0) is 65.5. The number of pyridine rings is 2. The molecule has 5 heterocycles. The zero-order valence-electron chi connectivity index (χ0n) is 53.9. The number of likely N-dealkylation sites (tertiary alicyclic amines) is 1. The van der Waals surface area contributed by atoms with Crippen LogP contribution in [0.2, 0.25) is 0 Å². The molecular weight excluding hydrogens is 1180 g/mol. The molecule has 5 aromatic rings. The Bertz CT molecular complexity index is 3250. The zero-order valence-corrected chi connectivity index (χ0v) is 54.7.